The second-order valence-electron chi connectivity index (χ2n) is 6.74. The SMILES string of the molecule is COc1ccccc1NC(=O)c1nnn(CC(=O)Nc2ccc3c(c2)OCCO3)c1C. The van der Waals surface area contributed by atoms with Gasteiger partial charge in [-0.15, -0.1) is 5.10 Å². The molecule has 0 fully saturated rings. The summed E-state index contributed by atoms with van der Waals surface area (Å²) < 4.78 is 17.6. The number of methoxy groups -OCH3 is 1. The van der Waals surface area contributed by atoms with Gasteiger partial charge in [0.15, 0.2) is 17.2 Å². The number of fused-ring (bicyclic) bond motifs is 1. The van der Waals surface area contributed by atoms with Crippen LogP contribution in [0.2, 0.25) is 0 Å². The lowest BCUT2D eigenvalue weighted by Gasteiger charge is -2.19. The molecule has 3 aromatic rings. The molecule has 0 atom stereocenters. The number of hydrogen-bond acceptors (Lipinski definition) is 7. The molecule has 0 unspecified atom stereocenters. The maximum atomic E-state index is 12.6. The van der Waals surface area contributed by atoms with E-state index in [4.69, 9.17) is 14.2 Å². The van der Waals surface area contributed by atoms with Gasteiger partial charge < -0.3 is 24.8 Å². The number of amides is 2. The third-order valence-corrected chi connectivity index (χ3v) is 4.67. The molecule has 0 radical (unpaired) electrons. The first kappa shape index (κ1) is 20.2. The Hall–Kier alpha value is -4.08. The highest BCUT2D eigenvalue weighted by molar-refractivity contribution is 6.04. The summed E-state index contributed by atoms with van der Waals surface area (Å²) in [5.41, 5.74) is 1.67. The minimum Gasteiger partial charge on any atom is -0.495 e. The number of nitrogens with zero attached hydrogens (tertiary/aromatic N) is 3. The standard InChI is InChI=1S/C21H21N5O5/c1-13-20(21(28)23-15-5-3-4-6-16(15)29-2)24-25-26(13)12-19(27)22-14-7-8-17-18(11-14)31-10-9-30-17/h3-8,11H,9-10,12H2,1-2H3,(H,22,27)(H,23,28). The molecule has 10 heteroatoms. The first-order valence-electron chi connectivity index (χ1n) is 9.59. The Labute approximate surface area is 178 Å². The van der Waals surface area contributed by atoms with Crippen LogP contribution in [0.3, 0.4) is 0 Å². The Balaban J connectivity index is 1.42. The number of rotatable bonds is 6. The Bertz CT molecular complexity index is 1130. The van der Waals surface area contributed by atoms with Crippen molar-refractivity contribution in [3.8, 4) is 17.2 Å². The normalized spacial score (nSPS) is 12.2. The first-order valence-corrected chi connectivity index (χ1v) is 9.59. The summed E-state index contributed by atoms with van der Waals surface area (Å²) in [6, 6.07) is 12.2. The van der Waals surface area contributed by atoms with E-state index in [2.05, 4.69) is 20.9 Å². The highest BCUT2D eigenvalue weighted by atomic mass is 16.6. The first-order chi connectivity index (χ1) is 15.0. The molecule has 0 bridgehead atoms. The van der Waals surface area contributed by atoms with Crippen LogP contribution in [0, 0.1) is 6.92 Å². The van der Waals surface area contributed by atoms with Crippen LogP contribution in [0.5, 0.6) is 17.2 Å². The number of anilines is 2. The molecular weight excluding hydrogens is 402 g/mol. The van der Waals surface area contributed by atoms with Gasteiger partial charge in [0.1, 0.15) is 25.5 Å². The van der Waals surface area contributed by atoms with Gasteiger partial charge in [-0.25, -0.2) is 4.68 Å². The van der Waals surface area contributed by atoms with Crippen molar-refractivity contribution in [2.75, 3.05) is 31.0 Å². The summed E-state index contributed by atoms with van der Waals surface area (Å²) in [5, 5.41) is 13.4. The van der Waals surface area contributed by atoms with Gasteiger partial charge >= 0.3 is 0 Å². The fourth-order valence-corrected chi connectivity index (χ4v) is 3.11. The van der Waals surface area contributed by atoms with E-state index < -0.39 is 5.91 Å². The predicted molar refractivity (Wildman–Crippen MR) is 112 cm³/mol. The van der Waals surface area contributed by atoms with Crippen molar-refractivity contribution in [2.24, 2.45) is 0 Å². The number of para-hydroxylation sites is 2. The molecule has 10 nitrogen and oxygen atoms in total. The number of carbonyl (C=O) groups is 2. The number of ether oxygens (including phenoxy) is 3. The van der Waals surface area contributed by atoms with Crippen LogP contribution in [0.4, 0.5) is 11.4 Å². The molecule has 31 heavy (non-hydrogen) atoms. The average molecular weight is 423 g/mol. The number of carbonyl (C=O) groups excluding carboxylic acids is 2. The van der Waals surface area contributed by atoms with Crippen LogP contribution in [0.1, 0.15) is 16.2 Å². The highest BCUT2D eigenvalue weighted by Crippen LogP contribution is 2.32. The van der Waals surface area contributed by atoms with Crippen molar-refractivity contribution in [2.45, 2.75) is 13.5 Å². The molecule has 4 rings (SSSR count). The molecule has 160 valence electrons. The summed E-state index contributed by atoms with van der Waals surface area (Å²) in [6.45, 7) is 2.53. The number of aromatic nitrogens is 3. The zero-order valence-corrected chi connectivity index (χ0v) is 17.0. The molecule has 2 heterocycles. The van der Waals surface area contributed by atoms with Gasteiger partial charge in [-0.05, 0) is 31.2 Å². The summed E-state index contributed by atoms with van der Waals surface area (Å²) in [7, 11) is 1.52. The van der Waals surface area contributed by atoms with Gasteiger partial charge in [-0.1, -0.05) is 17.3 Å². The largest absolute Gasteiger partial charge is 0.495 e. The van der Waals surface area contributed by atoms with Crippen molar-refractivity contribution in [3.63, 3.8) is 0 Å². The van der Waals surface area contributed by atoms with Crippen LogP contribution >= 0.6 is 0 Å². The average Bonchev–Trinajstić information content (AvgIpc) is 3.14. The van der Waals surface area contributed by atoms with E-state index in [9.17, 15) is 9.59 Å². The van der Waals surface area contributed by atoms with E-state index in [1.165, 1.54) is 11.8 Å². The molecule has 0 saturated heterocycles. The van der Waals surface area contributed by atoms with Gasteiger partial charge in [0, 0.05) is 11.8 Å². The Kier molecular flexibility index (Phi) is 5.69. The highest BCUT2D eigenvalue weighted by Gasteiger charge is 2.19. The summed E-state index contributed by atoms with van der Waals surface area (Å²) in [6.07, 6.45) is 0. The predicted octanol–water partition coefficient (Wildman–Crippen LogP) is 2.26. The van der Waals surface area contributed by atoms with Crippen LogP contribution < -0.4 is 24.8 Å². The molecule has 1 aliphatic rings. The molecule has 2 N–H and O–H groups in total. The van der Waals surface area contributed by atoms with Crippen LogP contribution in [0.25, 0.3) is 0 Å². The van der Waals surface area contributed by atoms with Crippen LogP contribution in [-0.4, -0.2) is 47.1 Å². The van der Waals surface area contributed by atoms with Crippen molar-refractivity contribution >= 4 is 23.2 Å². The fraction of sp³-hybridized carbons (Fsp3) is 0.238. The summed E-state index contributed by atoms with van der Waals surface area (Å²) >= 11 is 0. The van der Waals surface area contributed by atoms with Crippen molar-refractivity contribution in [1.29, 1.82) is 0 Å². The van der Waals surface area contributed by atoms with E-state index in [-0.39, 0.29) is 18.1 Å². The maximum absolute atomic E-state index is 12.6. The molecular formula is C21H21N5O5. The molecule has 2 aromatic carbocycles. The van der Waals surface area contributed by atoms with Crippen LogP contribution in [0.15, 0.2) is 42.5 Å². The summed E-state index contributed by atoms with van der Waals surface area (Å²) in [4.78, 5) is 25.1. The quantitative estimate of drug-likeness (QED) is 0.625. The monoisotopic (exact) mass is 423 g/mol. The zero-order valence-electron chi connectivity index (χ0n) is 17.0. The van der Waals surface area contributed by atoms with E-state index in [0.717, 1.165) is 0 Å². The summed E-state index contributed by atoms with van der Waals surface area (Å²) in [5.74, 6) is 0.986. The number of hydrogen-bond donors (Lipinski definition) is 2. The molecule has 0 saturated carbocycles. The minimum atomic E-state index is -0.444. The number of benzene rings is 2. The Morgan fingerprint density at radius 1 is 1.10 bits per heavy atom. The zero-order chi connectivity index (χ0) is 21.8. The molecule has 1 aliphatic heterocycles. The minimum absolute atomic E-state index is 0.102. The molecule has 0 aliphatic carbocycles. The molecule has 1 aromatic heterocycles. The topological polar surface area (TPSA) is 117 Å². The second kappa shape index (κ2) is 8.74. The van der Waals surface area contributed by atoms with Crippen molar-refractivity contribution in [1.82, 2.24) is 15.0 Å². The Morgan fingerprint density at radius 2 is 1.87 bits per heavy atom. The van der Waals surface area contributed by atoms with Gasteiger partial charge in [0.25, 0.3) is 5.91 Å². The lowest BCUT2D eigenvalue weighted by molar-refractivity contribution is -0.117. The maximum Gasteiger partial charge on any atom is 0.278 e. The molecule has 2 amide bonds. The third-order valence-electron chi connectivity index (χ3n) is 4.67. The van der Waals surface area contributed by atoms with Gasteiger partial charge in [0.2, 0.25) is 5.91 Å². The van der Waals surface area contributed by atoms with Gasteiger partial charge in [-0.3, -0.25) is 9.59 Å². The fourth-order valence-electron chi connectivity index (χ4n) is 3.11. The van der Waals surface area contributed by atoms with Crippen molar-refractivity contribution < 1.29 is 23.8 Å². The second-order valence-corrected chi connectivity index (χ2v) is 6.74. The van der Waals surface area contributed by atoms with E-state index in [1.807, 2.05) is 0 Å². The van der Waals surface area contributed by atoms with Gasteiger partial charge in [0.05, 0.1) is 18.5 Å². The number of nitrogens with one attached hydrogen (secondary N) is 2. The van der Waals surface area contributed by atoms with Crippen LogP contribution in [-0.2, 0) is 11.3 Å². The van der Waals surface area contributed by atoms with Gasteiger partial charge in [-0.2, -0.15) is 0 Å². The van der Waals surface area contributed by atoms with E-state index in [1.54, 1.807) is 49.4 Å². The Morgan fingerprint density at radius 3 is 2.68 bits per heavy atom. The third kappa shape index (κ3) is 4.42. The van der Waals surface area contributed by atoms with E-state index >= 15 is 0 Å². The van der Waals surface area contributed by atoms with E-state index in [0.29, 0.717) is 47.5 Å². The lowest BCUT2D eigenvalue weighted by Crippen LogP contribution is -2.21. The smallest absolute Gasteiger partial charge is 0.278 e. The molecule has 0 spiro atoms. The lowest BCUT2D eigenvalue weighted by atomic mass is 10.2. The van der Waals surface area contributed by atoms with Crippen molar-refractivity contribution in [3.05, 3.63) is 53.9 Å².